The molecule has 0 aromatic carbocycles. The normalized spacial score (nSPS) is 12.2. The van der Waals surface area contributed by atoms with E-state index in [0.717, 1.165) is 14.8 Å². The first kappa shape index (κ1) is 12.5. The second-order valence-electron chi connectivity index (χ2n) is 3.63. The van der Waals surface area contributed by atoms with Crippen LogP contribution >= 0.6 is 31.9 Å². The molecule has 1 atom stereocenters. The summed E-state index contributed by atoms with van der Waals surface area (Å²) in [6.07, 6.45) is 5.35. The van der Waals surface area contributed by atoms with Crippen molar-refractivity contribution >= 4 is 37.7 Å². The van der Waals surface area contributed by atoms with Crippen LogP contribution in [0.2, 0.25) is 0 Å². The molecule has 0 aliphatic rings. The highest BCUT2D eigenvalue weighted by molar-refractivity contribution is 9.11. The fraction of sp³-hybridized carbons (Fsp3) is 0.167. The van der Waals surface area contributed by atoms with Crippen molar-refractivity contribution in [3.05, 3.63) is 51.3 Å². The third-order valence-electron chi connectivity index (χ3n) is 2.37. The van der Waals surface area contributed by atoms with Crippen LogP contribution < -0.4 is 5.32 Å². The van der Waals surface area contributed by atoms with Crippen LogP contribution in [0, 0.1) is 0 Å². The Morgan fingerprint density at radius 3 is 2.59 bits per heavy atom. The van der Waals surface area contributed by atoms with Crippen molar-refractivity contribution in [1.82, 2.24) is 9.97 Å². The average Bonchev–Trinajstić information content (AvgIpc) is 2.34. The number of aromatic nitrogens is 2. The van der Waals surface area contributed by atoms with Gasteiger partial charge in [-0.3, -0.25) is 4.98 Å². The maximum atomic E-state index is 4.32. The van der Waals surface area contributed by atoms with Gasteiger partial charge in [0, 0.05) is 23.1 Å². The Kier molecular flexibility index (Phi) is 4.12. The van der Waals surface area contributed by atoms with Crippen molar-refractivity contribution in [3.63, 3.8) is 0 Å². The Balaban J connectivity index is 2.16. The Bertz CT molecular complexity index is 502. The van der Waals surface area contributed by atoms with Crippen LogP contribution in [-0.2, 0) is 0 Å². The quantitative estimate of drug-likeness (QED) is 0.896. The van der Waals surface area contributed by atoms with Crippen molar-refractivity contribution in [2.75, 3.05) is 5.32 Å². The molecule has 1 unspecified atom stereocenters. The summed E-state index contributed by atoms with van der Waals surface area (Å²) >= 11 is 6.86. The lowest BCUT2D eigenvalue weighted by atomic mass is 10.1. The lowest BCUT2D eigenvalue weighted by Gasteiger charge is -2.15. The number of hydrogen-bond acceptors (Lipinski definition) is 3. The first-order chi connectivity index (χ1) is 8.16. The van der Waals surface area contributed by atoms with Gasteiger partial charge in [-0.2, -0.15) is 0 Å². The largest absolute Gasteiger partial charge is 0.363 e. The van der Waals surface area contributed by atoms with Crippen LogP contribution in [0.25, 0.3) is 0 Å². The van der Waals surface area contributed by atoms with E-state index >= 15 is 0 Å². The van der Waals surface area contributed by atoms with Crippen LogP contribution in [0.15, 0.2) is 45.7 Å². The van der Waals surface area contributed by atoms with Crippen LogP contribution in [0.4, 0.5) is 5.82 Å². The molecule has 1 N–H and O–H groups in total. The Labute approximate surface area is 117 Å². The molecule has 17 heavy (non-hydrogen) atoms. The molecule has 0 bridgehead atoms. The zero-order chi connectivity index (χ0) is 12.3. The molecule has 0 spiro atoms. The molecular weight excluding hydrogens is 346 g/mol. The monoisotopic (exact) mass is 355 g/mol. The fourth-order valence-corrected chi connectivity index (χ4v) is 2.56. The van der Waals surface area contributed by atoms with Gasteiger partial charge in [0.15, 0.2) is 0 Å². The van der Waals surface area contributed by atoms with Gasteiger partial charge >= 0.3 is 0 Å². The van der Waals surface area contributed by atoms with Crippen LogP contribution in [0.1, 0.15) is 18.5 Å². The topological polar surface area (TPSA) is 37.8 Å². The summed E-state index contributed by atoms with van der Waals surface area (Å²) in [5, 5.41) is 3.35. The summed E-state index contributed by atoms with van der Waals surface area (Å²) in [5.74, 6) is 0.831. The minimum absolute atomic E-state index is 0.183. The van der Waals surface area contributed by atoms with Crippen LogP contribution in [-0.4, -0.2) is 9.97 Å². The molecule has 0 saturated heterocycles. The van der Waals surface area contributed by atoms with Gasteiger partial charge in [-0.1, -0.05) is 0 Å². The maximum absolute atomic E-state index is 4.32. The van der Waals surface area contributed by atoms with Crippen LogP contribution in [0.3, 0.4) is 0 Å². The molecule has 0 amide bonds. The summed E-state index contributed by atoms with van der Waals surface area (Å²) in [6.45, 7) is 2.09. The molecule has 0 aliphatic carbocycles. The van der Waals surface area contributed by atoms with E-state index in [-0.39, 0.29) is 6.04 Å². The zero-order valence-electron chi connectivity index (χ0n) is 9.19. The number of pyridine rings is 2. The van der Waals surface area contributed by atoms with E-state index in [9.17, 15) is 0 Å². The Morgan fingerprint density at radius 2 is 1.94 bits per heavy atom. The number of anilines is 1. The first-order valence-electron chi connectivity index (χ1n) is 5.14. The molecule has 2 heterocycles. The molecule has 2 aromatic rings. The Morgan fingerprint density at radius 1 is 1.24 bits per heavy atom. The highest BCUT2D eigenvalue weighted by Crippen LogP contribution is 2.26. The summed E-state index contributed by atoms with van der Waals surface area (Å²) in [5.41, 5.74) is 1.18. The molecule has 5 heteroatoms. The zero-order valence-corrected chi connectivity index (χ0v) is 12.4. The predicted octanol–water partition coefficient (Wildman–Crippen LogP) is 4.17. The van der Waals surface area contributed by atoms with Crippen molar-refractivity contribution in [2.24, 2.45) is 0 Å². The summed E-state index contributed by atoms with van der Waals surface area (Å²) < 4.78 is 1.89. The minimum Gasteiger partial charge on any atom is -0.363 e. The van der Waals surface area contributed by atoms with Crippen molar-refractivity contribution < 1.29 is 0 Å². The summed E-state index contributed by atoms with van der Waals surface area (Å²) in [4.78, 5) is 8.33. The van der Waals surface area contributed by atoms with Crippen molar-refractivity contribution in [3.8, 4) is 0 Å². The molecule has 0 radical (unpaired) electrons. The molecule has 0 saturated carbocycles. The molecule has 2 rings (SSSR count). The lowest BCUT2D eigenvalue weighted by Crippen LogP contribution is -2.08. The highest BCUT2D eigenvalue weighted by Gasteiger charge is 2.08. The summed E-state index contributed by atoms with van der Waals surface area (Å²) in [7, 11) is 0. The molecule has 3 nitrogen and oxygen atoms in total. The number of halogens is 2. The van der Waals surface area contributed by atoms with Gasteiger partial charge in [-0.25, -0.2) is 4.98 Å². The molecule has 0 aliphatic heterocycles. The van der Waals surface area contributed by atoms with Gasteiger partial charge in [0.2, 0.25) is 0 Å². The molecule has 2 aromatic heterocycles. The SMILES string of the molecule is CC(Nc1ncc(Br)cc1Br)c1ccncc1. The van der Waals surface area contributed by atoms with E-state index < -0.39 is 0 Å². The standard InChI is InChI=1S/C12H11Br2N3/c1-8(9-2-4-15-5-3-9)17-12-11(14)6-10(13)7-16-12/h2-8H,1H3,(H,16,17). The lowest BCUT2D eigenvalue weighted by molar-refractivity contribution is 0.869. The van der Waals surface area contributed by atoms with Gasteiger partial charge < -0.3 is 5.32 Å². The van der Waals surface area contributed by atoms with E-state index in [4.69, 9.17) is 0 Å². The molecular formula is C12H11Br2N3. The molecule has 88 valence electrons. The van der Waals surface area contributed by atoms with E-state index in [0.29, 0.717) is 0 Å². The van der Waals surface area contributed by atoms with Crippen molar-refractivity contribution in [1.29, 1.82) is 0 Å². The second-order valence-corrected chi connectivity index (χ2v) is 5.40. The number of nitrogens with zero attached hydrogens (tertiary/aromatic N) is 2. The first-order valence-corrected chi connectivity index (χ1v) is 6.73. The van der Waals surface area contributed by atoms with Crippen molar-refractivity contribution in [2.45, 2.75) is 13.0 Å². The third kappa shape index (κ3) is 3.26. The fourth-order valence-electron chi connectivity index (χ4n) is 1.46. The van der Waals surface area contributed by atoms with Gasteiger partial charge in [-0.05, 0) is 62.5 Å². The average molecular weight is 357 g/mol. The predicted molar refractivity (Wildman–Crippen MR) is 75.9 cm³/mol. The summed E-state index contributed by atoms with van der Waals surface area (Å²) in [6, 6.07) is 6.13. The molecule has 0 fully saturated rings. The van der Waals surface area contributed by atoms with E-state index in [1.54, 1.807) is 18.6 Å². The number of rotatable bonds is 3. The van der Waals surface area contributed by atoms with E-state index in [1.165, 1.54) is 5.56 Å². The van der Waals surface area contributed by atoms with Gasteiger partial charge in [-0.15, -0.1) is 0 Å². The highest BCUT2D eigenvalue weighted by atomic mass is 79.9. The smallest absolute Gasteiger partial charge is 0.140 e. The minimum atomic E-state index is 0.183. The third-order valence-corrected chi connectivity index (χ3v) is 3.41. The van der Waals surface area contributed by atoms with Crippen LogP contribution in [0.5, 0.6) is 0 Å². The van der Waals surface area contributed by atoms with Gasteiger partial charge in [0.05, 0.1) is 10.5 Å². The van der Waals surface area contributed by atoms with E-state index in [1.807, 2.05) is 18.2 Å². The number of hydrogen-bond donors (Lipinski definition) is 1. The van der Waals surface area contributed by atoms with Gasteiger partial charge in [0.1, 0.15) is 5.82 Å². The Hall–Kier alpha value is -0.940. The maximum Gasteiger partial charge on any atom is 0.140 e. The van der Waals surface area contributed by atoms with Gasteiger partial charge in [0.25, 0.3) is 0 Å². The number of nitrogens with one attached hydrogen (secondary N) is 1. The van der Waals surface area contributed by atoms with E-state index in [2.05, 4.69) is 54.1 Å². The second kappa shape index (κ2) is 5.60.